The van der Waals surface area contributed by atoms with Crippen molar-refractivity contribution in [1.29, 1.82) is 0 Å². The molecule has 0 radical (unpaired) electrons. The molecule has 98 valence electrons. The third-order valence-corrected chi connectivity index (χ3v) is 4.16. The molecule has 2 aliphatic heterocycles. The van der Waals surface area contributed by atoms with Crippen LogP contribution in [0.4, 0.5) is 5.69 Å². The van der Waals surface area contributed by atoms with Crippen molar-refractivity contribution in [2.24, 2.45) is 5.92 Å². The second-order valence-electron chi connectivity index (χ2n) is 5.29. The van der Waals surface area contributed by atoms with E-state index in [1.807, 2.05) is 0 Å². The third kappa shape index (κ3) is 2.68. The first-order valence-electron chi connectivity index (χ1n) is 7.04. The Morgan fingerprint density at radius 2 is 1.89 bits per heavy atom. The molecular formula is C15H22N2O. The minimum absolute atomic E-state index is 0.628. The molecule has 2 aliphatic rings. The van der Waals surface area contributed by atoms with Gasteiger partial charge in [0, 0.05) is 44.6 Å². The van der Waals surface area contributed by atoms with Crippen LogP contribution < -0.4 is 10.2 Å². The van der Waals surface area contributed by atoms with Crippen LogP contribution in [0.2, 0.25) is 0 Å². The van der Waals surface area contributed by atoms with E-state index in [0.29, 0.717) is 6.04 Å². The summed E-state index contributed by atoms with van der Waals surface area (Å²) in [7, 11) is 0. The van der Waals surface area contributed by atoms with Crippen molar-refractivity contribution in [3.05, 3.63) is 30.3 Å². The van der Waals surface area contributed by atoms with Gasteiger partial charge in [-0.25, -0.2) is 0 Å². The maximum absolute atomic E-state index is 5.46. The van der Waals surface area contributed by atoms with E-state index in [-0.39, 0.29) is 0 Å². The van der Waals surface area contributed by atoms with Crippen molar-refractivity contribution in [2.45, 2.75) is 18.9 Å². The first-order chi connectivity index (χ1) is 8.93. The summed E-state index contributed by atoms with van der Waals surface area (Å²) in [5.41, 5.74) is 1.36. The second-order valence-corrected chi connectivity index (χ2v) is 5.29. The van der Waals surface area contributed by atoms with Crippen LogP contribution in [0, 0.1) is 5.92 Å². The predicted octanol–water partition coefficient (Wildman–Crippen LogP) is 1.89. The van der Waals surface area contributed by atoms with E-state index in [2.05, 4.69) is 40.5 Å². The molecule has 2 fully saturated rings. The van der Waals surface area contributed by atoms with Crippen LogP contribution in [0.15, 0.2) is 30.3 Å². The Labute approximate surface area is 109 Å². The molecule has 3 rings (SSSR count). The van der Waals surface area contributed by atoms with Gasteiger partial charge in [0.25, 0.3) is 0 Å². The highest BCUT2D eigenvalue weighted by molar-refractivity contribution is 5.46. The fourth-order valence-electron chi connectivity index (χ4n) is 3.09. The van der Waals surface area contributed by atoms with Crippen LogP contribution in [-0.4, -0.2) is 38.9 Å². The van der Waals surface area contributed by atoms with Crippen LogP contribution in [0.1, 0.15) is 12.8 Å². The first kappa shape index (κ1) is 12.0. The normalized spacial score (nSPS) is 26.2. The van der Waals surface area contributed by atoms with E-state index in [9.17, 15) is 0 Å². The highest BCUT2D eigenvalue weighted by Gasteiger charge is 2.28. The van der Waals surface area contributed by atoms with Gasteiger partial charge in [-0.2, -0.15) is 0 Å². The number of para-hydroxylation sites is 1. The van der Waals surface area contributed by atoms with Crippen molar-refractivity contribution < 1.29 is 4.74 Å². The van der Waals surface area contributed by atoms with Gasteiger partial charge in [-0.05, 0) is 30.9 Å². The van der Waals surface area contributed by atoms with Gasteiger partial charge in [0.2, 0.25) is 0 Å². The Kier molecular flexibility index (Phi) is 3.81. The fourth-order valence-corrected chi connectivity index (χ4v) is 3.09. The summed E-state index contributed by atoms with van der Waals surface area (Å²) in [6, 6.07) is 11.4. The lowest BCUT2D eigenvalue weighted by Crippen LogP contribution is -2.54. The highest BCUT2D eigenvalue weighted by atomic mass is 16.5. The average molecular weight is 246 g/mol. The number of rotatable bonds is 2. The maximum Gasteiger partial charge on any atom is 0.0469 e. The number of nitrogens with one attached hydrogen (secondary N) is 1. The van der Waals surface area contributed by atoms with Crippen molar-refractivity contribution in [1.82, 2.24) is 5.32 Å². The number of piperazine rings is 1. The van der Waals surface area contributed by atoms with Gasteiger partial charge in [0.05, 0.1) is 0 Å². The topological polar surface area (TPSA) is 24.5 Å². The summed E-state index contributed by atoms with van der Waals surface area (Å²) < 4.78 is 5.46. The summed E-state index contributed by atoms with van der Waals surface area (Å²) in [6.07, 6.45) is 2.42. The second kappa shape index (κ2) is 5.72. The van der Waals surface area contributed by atoms with Crippen LogP contribution in [0.3, 0.4) is 0 Å². The zero-order chi connectivity index (χ0) is 12.2. The number of ether oxygens (including phenoxy) is 1. The lowest BCUT2D eigenvalue weighted by molar-refractivity contribution is 0.0532. The van der Waals surface area contributed by atoms with Gasteiger partial charge in [0.1, 0.15) is 0 Å². The lowest BCUT2D eigenvalue weighted by atomic mass is 9.90. The molecule has 0 bridgehead atoms. The standard InChI is InChI=1S/C15H22N2O/c1-2-4-14(5-3-1)17-9-8-16-15(12-17)13-6-10-18-11-7-13/h1-5,13,15-16H,6-12H2. The molecule has 0 aliphatic carbocycles. The molecule has 3 heteroatoms. The molecule has 1 aromatic rings. The smallest absolute Gasteiger partial charge is 0.0469 e. The summed E-state index contributed by atoms with van der Waals surface area (Å²) in [5, 5.41) is 3.69. The maximum atomic E-state index is 5.46. The molecule has 0 aromatic heterocycles. The number of nitrogens with zero attached hydrogens (tertiary/aromatic N) is 1. The summed E-state index contributed by atoms with van der Waals surface area (Å²) in [4.78, 5) is 2.51. The van der Waals surface area contributed by atoms with E-state index < -0.39 is 0 Å². The molecule has 1 atom stereocenters. The monoisotopic (exact) mass is 246 g/mol. The van der Waals surface area contributed by atoms with Crippen molar-refractivity contribution in [2.75, 3.05) is 37.7 Å². The number of anilines is 1. The minimum Gasteiger partial charge on any atom is -0.381 e. The summed E-state index contributed by atoms with van der Waals surface area (Å²) in [5.74, 6) is 0.783. The zero-order valence-electron chi connectivity index (χ0n) is 10.8. The van der Waals surface area contributed by atoms with Crippen LogP contribution in [0.25, 0.3) is 0 Å². The van der Waals surface area contributed by atoms with Gasteiger partial charge in [-0.15, -0.1) is 0 Å². The van der Waals surface area contributed by atoms with E-state index in [0.717, 1.165) is 38.8 Å². The van der Waals surface area contributed by atoms with E-state index in [1.165, 1.54) is 18.5 Å². The van der Waals surface area contributed by atoms with Crippen molar-refractivity contribution in [3.63, 3.8) is 0 Å². The lowest BCUT2D eigenvalue weighted by Gasteiger charge is -2.40. The number of hydrogen-bond donors (Lipinski definition) is 1. The molecule has 1 aromatic carbocycles. The molecule has 3 nitrogen and oxygen atoms in total. The van der Waals surface area contributed by atoms with E-state index >= 15 is 0 Å². The molecule has 2 heterocycles. The quantitative estimate of drug-likeness (QED) is 0.862. The van der Waals surface area contributed by atoms with Gasteiger partial charge in [-0.3, -0.25) is 0 Å². The SMILES string of the molecule is c1ccc(N2CCNC(C3CCOCC3)C2)cc1. The van der Waals surface area contributed by atoms with E-state index in [4.69, 9.17) is 4.74 Å². The largest absolute Gasteiger partial charge is 0.381 e. The molecule has 0 amide bonds. The first-order valence-corrected chi connectivity index (χ1v) is 7.04. The zero-order valence-corrected chi connectivity index (χ0v) is 10.8. The van der Waals surface area contributed by atoms with Crippen molar-refractivity contribution >= 4 is 5.69 Å². The van der Waals surface area contributed by atoms with Crippen LogP contribution in [-0.2, 0) is 4.74 Å². The van der Waals surface area contributed by atoms with E-state index in [1.54, 1.807) is 0 Å². The van der Waals surface area contributed by atoms with Crippen LogP contribution >= 0.6 is 0 Å². The van der Waals surface area contributed by atoms with Gasteiger partial charge >= 0.3 is 0 Å². The third-order valence-electron chi connectivity index (χ3n) is 4.16. The highest BCUT2D eigenvalue weighted by Crippen LogP contribution is 2.23. The number of benzene rings is 1. The molecule has 1 unspecified atom stereocenters. The summed E-state index contributed by atoms with van der Waals surface area (Å²) >= 11 is 0. The molecule has 1 N–H and O–H groups in total. The fraction of sp³-hybridized carbons (Fsp3) is 0.600. The molecule has 0 spiro atoms. The molecule has 2 saturated heterocycles. The molecule has 0 saturated carbocycles. The summed E-state index contributed by atoms with van der Waals surface area (Å²) in [6.45, 7) is 5.22. The Hall–Kier alpha value is -1.06. The predicted molar refractivity (Wildman–Crippen MR) is 74.0 cm³/mol. The molecule has 18 heavy (non-hydrogen) atoms. The Morgan fingerprint density at radius 3 is 2.67 bits per heavy atom. The van der Waals surface area contributed by atoms with Crippen molar-refractivity contribution in [3.8, 4) is 0 Å². The minimum atomic E-state index is 0.628. The van der Waals surface area contributed by atoms with Gasteiger partial charge in [0.15, 0.2) is 0 Å². The van der Waals surface area contributed by atoms with Crippen LogP contribution in [0.5, 0.6) is 0 Å². The Bertz CT molecular complexity index is 362. The van der Waals surface area contributed by atoms with Gasteiger partial charge < -0.3 is 15.0 Å². The number of hydrogen-bond acceptors (Lipinski definition) is 3. The average Bonchev–Trinajstić information content (AvgIpc) is 2.49. The Morgan fingerprint density at radius 1 is 1.11 bits per heavy atom. The Balaban J connectivity index is 1.64. The molecular weight excluding hydrogens is 224 g/mol. The van der Waals surface area contributed by atoms with Gasteiger partial charge in [-0.1, -0.05) is 18.2 Å².